The molecule has 2 heterocycles. The molecule has 0 aromatic heterocycles. The SMILES string of the molecule is CC(=O)OC1CC23C(OC(C)=O)OC4OCC(CCC2C2(C)CCCC(C)(C)C12)C43. The highest BCUT2D eigenvalue weighted by atomic mass is 16.8. The van der Waals surface area contributed by atoms with E-state index in [9.17, 15) is 9.59 Å². The van der Waals surface area contributed by atoms with Crippen molar-refractivity contribution in [3.63, 3.8) is 0 Å². The average molecular weight is 421 g/mol. The second-order valence-corrected chi connectivity index (χ2v) is 11.5. The molecule has 0 N–H and O–H groups in total. The van der Waals surface area contributed by atoms with Crippen LogP contribution in [0.3, 0.4) is 0 Å². The van der Waals surface area contributed by atoms with Crippen LogP contribution >= 0.6 is 0 Å². The summed E-state index contributed by atoms with van der Waals surface area (Å²) in [4.78, 5) is 24.2. The van der Waals surface area contributed by atoms with Gasteiger partial charge in [0.1, 0.15) is 6.10 Å². The number of rotatable bonds is 2. The zero-order valence-electron chi connectivity index (χ0n) is 18.9. The lowest BCUT2D eigenvalue weighted by molar-refractivity contribution is -0.275. The topological polar surface area (TPSA) is 71.1 Å². The molecular formula is C24H36O6. The highest BCUT2D eigenvalue weighted by Crippen LogP contribution is 2.74. The smallest absolute Gasteiger partial charge is 0.304 e. The summed E-state index contributed by atoms with van der Waals surface area (Å²) in [7, 11) is 0. The molecule has 6 heteroatoms. The summed E-state index contributed by atoms with van der Waals surface area (Å²) in [5.41, 5.74) is -0.258. The van der Waals surface area contributed by atoms with Crippen molar-refractivity contribution in [3.8, 4) is 0 Å². The molecule has 30 heavy (non-hydrogen) atoms. The van der Waals surface area contributed by atoms with Crippen molar-refractivity contribution in [1.29, 1.82) is 0 Å². The summed E-state index contributed by atoms with van der Waals surface area (Å²) in [5.74, 6) is 0.708. The fourth-order valence-electron chi connectivity index (χ4n) is 9.02. The molecule has 168 valence electrons. The Morgan fingerprint density at radius 2 is 1.73 bits per heavy atom. The summed E-state index contributed by atoms with van der Waals surface area (Å²) in [6, 6.07) is 0. The Hall–Kier alpha value is -1.14. The van der Waals surface area contributed by atoms with Crippen molar-refractivity contribution in [2.45, 2.75) is 91.8 Å². The van der Waals surface area contributed by atoms with Crippen molar-refractivity contribution in [3.05, 3.63) is 0 Å². The first-order valence-electron chi connectivity index (χ1n) is 11.7. The van der Waals surface area contributed by atoms with Gasteiger partial charge >= 0.3 is 11.9 Å². The van der Waals surface area contributed by atoms with E-state index in [4.69, 9.17) is 18.9 Å². The van der Waals surface area contributed by atoms with E-state index in [-0.39, 0.29) is 52.4 Å². The van der Waals surface area contributed by atoms with Crippen LogP contribution in [0.15, 0.2) is 0 Å². The molecule has 5 fully saturated rings. The maximum absolute atomic E-state index is 12.2. The zero-order chi connectivity index (χ0) is 21.5. The van der Waals surface area contributed by atoms with E-state index in [1.165, 1.54) is 20.3 Å². The molecule has 9 unspecified atom stereocenters. The highest BCUT2D eigenvalue weighted by molar-refractivity contribution is 5.66. The van der Waals surface area contributed by atoms with Gasteiger partial charge in [0.05, 0.1) is 6.61 Å². The second kappa shape index (κ2) is 6.68. The Bertz CT molecular complexity index is 748. The maximum atomic E-state index is 12.2. The van der Waals surface area contributed by atoms with Crippen molar-refractivity contribution in [2.24, 2.45) is 39.9 Å². The van der Waals surface area contributed by atoms with E-state index in [0.29, 0.717) is 24.9 Å². The Labute approximate surface area is 179 Å². The molecule has 0 aromatic rings. The van der Waals surface area contributed by atoms with E-state index in [2.05, 4.69) is 20.8 Å². The van der Waals surface area contributed by atoms with Crippen molar-refractivity contribution >= 4 is 11.9 Å². The minimum absolute atomic E-state index is 0.00429. The van der Waals surface area contributed by atoms with Crippen LogP contribution in [0.1, 0.15) is 73.1 Å². The molecule has 5 aliphatic rings. The highest BCUT2D eigenvalue weighted by Gasteiger charge is 2.75. The predicted molar refractivity (Wildman–Crippen MR) is 108 cm³/mol. The van der Waals surface area contributed by atoms with Crippen molar-refractivity contribution in [2.75, 3.05) is 6.61 Å². The van der Waals surface area contributed by atoms with E-state index in [0.717, 1.165) is 25.7 Å². The minimum atomic E-state index is -0.626. The van der Waals surface area contributed by atoms with Crippen molar-refractivity contribution < 1.29 is 28.5 Å². The Morgan fingerprint density at radius 1 is 1.00 bits per heavy atom. The molecule has 2 saturated heterocycles. The van der Waals surface area contributed by atoms with Gasteiger partial charge in [0.2, 0.25) is 6.29 Å². The van der Waals surface area contributed by atoms with Crippen LogP contribution in [0, 0.1) is 39.9 Å². The summed E-state index contributed by atoms with van der Waals surface area (Å²) in [6.45, 7) is 10.8. The molecule has 3 aliphatic carbocycles. The third-order valence-electron chi connectivity index (χ3n) is 9.47. The number of carbonyl (C=O) groups is 2. The molecule has 3 saturated carbocycles. The largest absolute Gasteiger partial charge is 0.462 e. The van der Waals surface area contributed by atoms with Gasteiger partial charge in [-0.25, -0.2) is 0 Å². The molecule has 6 nitrogen and oxygen atoms in total. The summed E-state index contributed by atoms with van der Waals surface area (Å²) in [6.07, 6.45) is 5.20. The lowest BCUT2D eigenvalue weighted by Gasteiger charge is -2.67. The number of ether oxygens (including phenoxy) is 4. The third kappa shape index (κ3) is 2.68. The van der Waals surface area contributed by atoms with E-state index in [1.54, 1.807) is 0 Å². The second-order valence-electron chi connectivity index (χ2n) is 11.5. The number of fused-ring (bicyclic) bond motifs is 2. The number of hydrogen-bond acceptors (Lipinski definition) is 6. The molecule has 0 radical (unpaired) electrons. The van der Waals surface area contributed by atoms with Crippen LogP contribution in [-0.4, -0.2) is 37.2 Å². The Kier molecular flexibility index (Phi) is 4.62. The normalized spacial score (nSPS) is 50.8. The van der Waals surface area contributed by atoms with E-state index in [1.807, 2.05) is 0 Å². The standard InChI is InChI=1S/C24H36O6/c1-13(25)28-16-11-24-17(23(5)10-6-9-22(3,4)19(16)23)8-7-15-12-27-20(18(15)24)30-21(24)29-14(2)26/h15-21H,6-12H2,1-5H3. The number of hydrogen-bond donors (Lipinski definition) is 0. The lowest BCUT2D eigenvalue weighted by atomic mass is 9.38. The number of carbonyl (C=O) groups excluding carboxylic acids is 2. The monoisotopic (exact) mass is 420 g/mol. The summed E-state index contributed by atoms with van der Waals surface area (Å²) >= 11 is 0. The fourth-order valence-corrected chi connectivity index (χ4v) is 9.02. The predicted octanol–water partition coefficient (Wildman–Crippen LogP) is 4.06. The van der Waals surface area contributed by atoms with Gasteiger partial charge in [-0.3, -0.25) is 9.59 Å². The quantitative estimate of drug-likeness (QED) is 0.628. The molecular weight excluding hydrogens is 384 g/mol. The van der Waals surface area contributed by atoms with Gasteiger partial charge in [0.15, 0.2) is 6.29 Å². The van der Waals surface area contributed by atoms with Crippen LogP contribution in [-0.2, 0) is 28.5 Å². The van der Waals surface area contributed by atoms with E-state index >= 15 is 0 Å². The van der Waals surface area contributed by atoms with Crippen LogP contribution < -0.4 is 0 Å². The average Bonchev–Trinajstić information content (AvgIpc) is 3.15. The third-order valence-corrected chi connectivity index (χ3v) is 9.47. The Balaban J connectivity index is 1.66. The summed E-state index contributed by atoms with van der Waals surface area (Å²) in [5, 5.41) is 0. The first-order chi connectivity index (χ1) is 14.1. The molecule has 0 bridgehead atoms. The molecule has 5 rings (SSSR count). The van der Waals surface area contributed by atoms with Gasteiger partial charge in [-0.2, -0.15) is 0 Å². The van der Waals surface area contributed by atoms with Crippen LogP contribution in [0.2, 0.25) is 0 Å². The fraction of sp³-hybridized carbons (Fsp3) is 0.917. The van der Waals surface area contributed by atoms with Gasteiger partial charge in [0, 0.05) is 31.1 Å². The minimum Gasteiger partial charge on any atom is -0.462 e. The van der Waals surface area contributed by atoms with Gasteiger partial charge in [-0.1, -0.05) is 27.2 Å². The van der Waals surface area contributed by atoms with Gasteiger partial charge < -0.3 is 18.9 Å². The molecule has 9 atom stereocenters. The molecule has 1 spiro atoms. The van der Waals surface area contributed by atoms with Crippen LogP contribution in [0.4, 0.5) is 0 Å². The summed E-state index contributed by atoms with van der Waals surface area (Å²) < 4.78 is 24.3. The van der Waals surface area contributed by atoms with Crippen LogP contribution in [0.5, 0.6) is 0 Å². The van der Waals surface area contributed by atoms with Crippen molar-refractivity contribution in [1.82, 2.24) is 0 Å². The van der Waals surface area contributed by atoms with Gasteiger partial charge in [-0.15, -0.1) is 0 Å². The Morgan fingerprint density at radius 3 is 2.43 bits per heavy atom. The van der Waals surface area contributed by atoms with E-state index < -0.39 is 6.29 Å². The first-order valence-corrected chi connectivity index (χ1v) is 11.7. The van der Waals surface area contributed by atoms with Crippen LogP contribution in [0.25, 0.3) is 0 Å². The number of esters is 2. The first kappa shape index (κ1) is 20.7. The van der Waals surface area contributed by atoms with Gasteiger partial charge in [-0.05, 0) is 54.8 Å². The molecule has 2 aliphatic heterocycles. The van der Waals surface area contributed by atoms with Gasteiger partial charge in [0.25, 0.3) is 0 Å². The molecule has 0 aromatic carbocycles. The molecule has 0 amide bonds. The maximum Gasteiger partial charge on any atom is 0.304 e. The lowest BCUT2D eigenvalue weighted by Crippen LogP contribution is -2.67. The zero-order valence-corrected chi connectivity index (χ0v) is 18.9.